The molecule has 184 valence electrons. The lowest BCUT2D eigenvalue weighted by Crippen LogP contribution is -2.46. The van der Waals surface area contributed by atoms with Gasteiger partial charge in [-0.2, -0.15) is 4.31 Å². The van der Waals surface area contributed by atoms with Gasteiger partial charge >= 0.3 is 0 Å². The van der Waals surface area contributed by atoms with Gasteiger partial charge in [0.2, 0.25) is 15.9 Å². The first kappa shape index (κ1) is 24.0. The summed E-state index contributed by atoms with van der Waals surface area (Å²) in [6.45, 7) is 2.46. The van der Waals surface area contributed by atoms with Gasteiger partial charge in [-0.3, -0.25) is 4.79 Å². The number of likely N-dealkylation sites (tertiary alicyclic amines) is 1. The number of benzene rings is 3. The number of fused-ring (bicyclic) bond motifs is 1. The molecule has 0 radical (unpaired) electrons. The Labute approximate surface area is 208 Å². The summed E-state index contributed by atoms with van der Waals surface area (Å²) in [6.07, 6.45) is 5.60. The zero-order valence-corrected chi connectivity index (χ0v) is 21.0. The maximum absolute atomic E-state index is 13.2. The van der Waals surface area contributed by atoms with Gasteiger partial charge < -0.3 is 4.90 Å². The molecule has 2 aliphatic rings. The maximum Gasteiger partial charge on any atom is 0.243 e. The monoisotopic (exact) mass is 490 g/mol. The molecule has 0 spiro atoms. The van der Waals surface area contributed by atoms with Gasteiger partial charge in [-0.25, -0.2) is 8.42 Å². The Hall–Kier alpha value is -2.70. The summed E-state index contributed by atoms with van der Waals surface area (Å²) in [6, 6.07) is 23.7. The van der Waals surface area contributed by atoms with Gasteiger partial charge in [0.25, 0.3) is 0 Å². The smallest absolute Gasteiger partial charge is 0.243 e. The zero-order valence-electron chi connectivity index (χ0n) is 20.2. The van der Waals surface area contributed by atoms with E-state index in [2.05, 4.69) is 30.3 Å². The van der Waals surface area contributed by atoms with Gasteiger partial charge in [0.05, 0.1) is 4.90 Å². The molecule has 3 aromatic carbocycles. The summed E-state index contributed by atoms with van der Waals surface area (Å²) in [5.41, 5.74) is 1.39. The van der Waals surface area contributed by atoms with Gasteiger partial charge in [-0.05, 0) is 72.9 Å². The first-order valence-corrected chi connectivity index (χ1v) is 14.3. The molecule has 5 rings (SSSR count). The van der Waals surface area contributed by atoms with Gasteiger partial charge in [-0.1, -0.05) is 60.7 Å². The average molecular weight is 491 g/mol. The Morgan fingerprint density at radius 3 is 2.14 bits per heavy atom. The lowest BCUT2D eigenvalue weighted by atomic mass is 9.89. The van der Waals surface area contributed by atoms with Gasteiger partial charge in [0.15, 0.2) is 0 Å². The van der Waals surface area contributed by atoms with E-state index in [4.69, 9.17) is 0 Å². The van der Waals surface area contributed by atoms with E-state index in [0.717, 1.165) is 43.1 Å². The number of amides is 1. The molecule has 2 saturated heterocycles. The van der Waals surface area contributed by atoms with Crippen molar-refractivity contribution in [3.8, 4) is 0 Å². The maximum atomic E-state index is 13.2. The van der Waals surface area contributed by atoms with Crippen LogP contribution in [0.5, 0.6) is 0 Å². The Morgan fingerprint density at radius 1 is 0.771 bits per heavy atom. The molecule has 5 nitrogen and oxygen atoms in total. The van der Waals surface area contributed by atoms with E-state index in [1.54, 1.807) is 16.4 Å². The van der Waals surface area contributed by atoms with Crippen LogP contribution >= 0.6 is 0 Å². The third-order valence-electron chi connectivity index (χ3n) is 7.77. The van der Waals surface area contributed by atoms with Gasteiger partial charge in [0.1, 0.15) is 0 Å². The minimum absolute atomic E-state index is 0.0704. The van der Waals surface area contributed by atoms with Crippen LogP contribution in [-0.4, -0.2) is 49.7 Å². The number of nitrogens with zero attached hydrogens (tertiary/aromatic N) is 2. The highest BCUT2D eigenvalue weighted by atomic mass is 32.2. The van der Waals surface area contributed by atoms with E-state index in [-0.39, 0.29) is 11.8 Å². The third kappa shape index (κ3) is 5.44. The molecule has 2 aliphatic heterocycles. The fraction of sp³-hybridized carbons (Fsp3) is 0.414. The van der Waals surface area contributed by atoms with Crippen LogP contribution in [0, 0.1) is 11.8 Å². The molecule has 1 amide bonds. The van der Waals surface area contributed by atoms with E-state index in [1.165, 1.54) is 12.0 Å². The minimum atomic E-state index is -3.56. The lowest BCUT2D eigenvalue weighted by Gasteiger charge is -2.37. The van der Waals surface area contributed by atoms with Crippen LogP contribution in [0.1, 0.15) is 37.7 Å². The molecule has 0 saturated carbocycles. The lowest BCUT2D eigenvalue weighted by molar-refractivity contribution is -0.138. The van der Waals surface area contributed by atoms with Crippen molar-refractivity contribution < 1.29 is 13.2 Å². The highest BCUT2D eigenvalue weighted by molar-refractivity contribution is 7.89. The molecule has 0 aromatic heterocycles. The largest absolute Gasteiger partial charge is 0.342 e. The van der Waals surface area contributed by atoms with Crippen LogP contribution in [0.4, 0.5) is 0 Å². The molecule has 2 fully saturated rings. The van der Waals surface area contributed by atoms with E-state index in [1.807, 2.05) is 35.2 Å². The zero-order chi connectivity index (χ0) is 24.3. The molecule has 0 bridgehead atoms. The van der Waals surface area contributed by atoms with E-state index in [9.17, 15) is 13.2 Å². The average Bonchev–Trinajstić information content (AvgIpc) is 2.92. The number of piperidine rings is 2. The second-order valence-corrected chi connectivity index (χ2v) is 11.9. The number of carbonyl (C=O) groups is 1. The number of hydrogen-bond donors (Lipinski definition) is 0. The summed E-state index contributed by atoms with van der Waals surface area (Å²) in [5, 5.41) is 1.95. The normalized spacial score (nSPS) is 18.7. The molecule has 0 unspecified atom stereocenters. The van der Waals surface area contributed by atoms with E-state index < -0.39 is 10.0 Å². The number of rotatable bonds is 6. The summed E-state index contributed by atoms with van der Waals surface area (Å²) in [7, 11) is -3.56. The van der Waals surface area contributed by atoms with Crippen LogP contribution in [0.25, 0.3) is 10.8 Å². The van der Waals surface area contributed by atoms with Crippen molar-refractivity contribution >= 4 is 26.7 Å². The summed E-state index contributed by atoms with van der Waals surface area (Å²) in [4.78, 5) is 15.5. The van der Waals surface area contributed by atoms with Crippen LogP contribution < -0.4 is 0 Å². The van der Waals surface area contributed by atoms with Crippen LogP contribution in [0.2, 0.25) is 0 Å². The number of aryl methyl sites for hydroxylation is 1. The van der Waals surface area contributed by atoms with Crippen molar-refractivity contribution in [2.24, 2.45) is 11.8 Å². The summed E-state index contributed by atoms with van der Waals surface area (Å²) in [5.74, 6) is 0.821. The van der Waals surface area contributed by atoms with Crippen molar-refractivity contribution in [1.82, 2.24) is 9.21 Å². The standard InChI is InChI=1S/C29H34N2O3S/c32-29(30-18-14-24(15-19-30)11-10-23-6-2-1-3-7-23)26-16-20-31(21-17-26)35(33,34)28-13-12-25-8-4-5-9-27(25)22-28/h1-9,12-13,22,24,26H,10-11,14-21H2. The highest BCUT2D eigenvalue weighted by Gasteiger charge is 2.34. The second kappa shape index (κ2) is 10.5. The van der Waals surface area contributed by atoms with Crippen LogP contribution in [-0.2, 0) is 21.2 Å². The van der Waals surface area contributed by atoms with Gasteiger partial charge in [-0.15, -0.1) is 0 Å². The molecule has 0 aliphatic carbocycles. The fourth-order valence-electron chi connectivity index (χ4n) is 5.54. The fourth-order valence-corrected chi connectivity index (χ4v) is 7.04. The summed E-state index contributed by atoms with van der Waals surface area (Å²) >= 11 is 0. The van der Waals surface area contributed by atoms with Crippen molar-refractivity contribution in [1.29, 1.82) is 0 Å². The minimum Gasteiger partial charge on any atom is -0.342 e. The molecular weight excluding hydrogens is 456 g/mol. The number of hydrogen-bond acceptors (Lipinski definition) is 3. The van der Waals surface area contributed by atoms with E-state index in [0.29, 0.717) is 36.7 Å². The Balaban J connectivity index is 1.12. The quantitative estimate of drug-likeness (QED) is 0.482. The second-order valence-electron chi connectivity index (χ2n) is 9.98. The van der Waals surface area contributed by atoms with E-state index >= 15 is 0 Å². The Kier molecular flexibility index (Phi) is 7.21. The third-order valence-corrected chi connectivity index (χ3v) is 9.67. The number of sulfonamides is 1. The molecule has 2 heterocycles. The summed E-state index contributed by atoms with van der Waals surface area (Å²) < 4.78 is 28.0. The Morgan fingerprint density at radius 2 is 1.43 bits per heavy atom. The molecule has 35 heavy (non-hydrogen) atoms. The topological polar surface area (TPSA) is 57.7 Å². The van der Waals surface area contributed by atoms with Gasteiger partial charge in [0, 0.05) is 32.1 Å². The number of carbonyl (C=O) groups excluding carboxylic acids is 1. The molecule has 6 heteroatoms. The van der Waals surface area contributed by atoms with Crippen molar-refractivity contribution in [2.75, 3.05) is 26.2 Å². The molecule has 3 aromatic rings. The van der Waals surface area contributed by atoms with Crippen LogP contribution in [0.3, 0.4) is 0 Å². The first-order valence-electron chi connectivity index (χ1n) is 12.8. The predicted octanol–water partition coefficient (Wildman–Crippen LogP) is 5.11. The predicted molar refractivity (Wildman–Crippen MR) is 139 cm³/mol. The SMILES string of the molecule is O=C(C1CCN(S(=O)(=O)c2ccc3ccccc3c2)CC1)N1CCC(CCc2ccccc2)CC1. The van der Waals surface area contributed by atoms with Crippen molar-refractivity contribution in [2.45, 2.75) is 43.4 Å². The van der Waals surface area contributed by atoms with Crippen molar-refractivity contribution in [3.63, 3.8) is 0 Å². The molecule has 0 atom stereocenters. The van der Waals surface area contributed by atoms with Crippen LogP contribution in [0.15, 0.2) is 77.7 Å². The molecule has 0 N–H and O–H groups in total. The molecular formula is C29H34N2O3S. The Bertz CT molecular complexity index is 1260. The first-order chi connectivity index (χ1) is 17.0. The van der Waals surface area contributed by atoms with Crippen molar-refractivity contribution in [3.05, 3.63) is 78.4 Å². The highest BCUT2D eigenvalue weighted by Crippen LogP contribution is 2.29.